The maximum atomic E-state index is 12.9. The summed E-state index contributed by atoms with van der Waals surface area (Å²) in [6.07, 6.45) is 9.80. The molecule has 6 heteroatoms. The molecule has 3 aliphatic rings. The molecule has 6 nitrogen and oxygen atoms in total. The second-order valence-electron chi connectivity index (χ2n) is 11.5. The Morgan fingerprint density at radius 3 is 2.40 bits per heavy atom. The van der Waals surface area contributed by atoms with Crippen molar-refractivity contribution in [2.24, 2.45) is 11.8 Å². The Hall–Kier alpha value is -2.21. The van der Waals surface area contributed by atoms with Crippen molar-refractivity contribution in [2.75, 3.05) is 37.6 Å². The van der Waals surface area contributed by atoms with E-state index in [9.17, 15) is 4.79 Å². The summed E-state index contributed by atoms with van der Waals surface area (Å²) in [6, 6.07) is 7.37. The summed E-state index contributed by atoms with van der Waals surface area (Å²) in [6.45, 7) is 11.5. The minimum absolute atomic E-state index is 0.111. The van der Waals surface area contributed by atoms with Crippen LogP contribution in [0.5, 0.6) is 0 Å². The summed E-state index contributed by atoms with van der Waals surface area (Å²) in [5.74, 6) is 2.30. The lowest BCUT2D eigenvalue weighted by Crippen LogP contribution is -2.45. The lowest BCUT2D eigenvalue weighted by atomic mass is 9.93. The molecule has 2 aromatic rings. The molecule has 1 aromatic carbocycles. The topological polar surface area (TPSA) is 61.4 Å². The van der Waals surface area contributed by atoms with Crippen molar-refractivity contribution in [1.29, 1.82) is 0 Å². The molecule has 35 heavy (non-hydrogen) atoms. The zero-order valence-electron chi connectivity index (χ0n) is 21.9. The fourth-order valence-corrected chi connectivity index (χ4v) is 6.31. The largest absolute Gasteiger partial charge is 0.356 e. The van der Waals surface area contributed by atoms with E-state index in [1.54, 1.807) is 0 Å². The van der Waals surface area contributed by atoms with Gasteiger partial charge in [-0.25, -0.2) is 9.97 Å². The monoisotopic (exact) mass is 477 g/mol. The minimum Gasteiger partial charge on any atom is -0.356 e. The van der Waals surface area contributed by atoms with Crippen molar-refractivity contribution >= 4 is 22.8 Å². The summed E-state index contributed by atoms with van der Waals surface area (Å²) in [5, 5.41) is 4.44. The van der Waals surface area contributed by atoms with Gasteiger partial charge in [-0.3, -0.25) is 4.79 Å². The molecule has 3 fully saturated rings. The van der Waals surface area contributed by atoms with Crippen LogP contribution in [-0.4, -0.2) is 59.5 Å². The fraction of sp³-hybridized carbons (Fsp3) is 0.690. The normalized spacial score (nSPS) is 21.3. The smallest absolute Gasteiger partial charge is 0.226 e. The molecule has 0 spiro atoms. The number of hydrogen-bond acceptors (Lipinski definition) is 5. The van der Waals surface area contributed by atoms with Crippen LogP contribution in [0.15, 0.2) is 18.2 Å². The molecular weight excluding hydrogens is 434 g/mol. The Morgan fingerprint density at radius 2 is 1.71 bits per heavy atom. The summed E-state index contributed by atoms with van der Waals surface area (Å²) < 4.78 is 0. The number of carbonyl (C=O) groups is 1. The van der Waals surface area contributed by atoms with Gasteiger partial charge in [0.05, 0.1) is 11.2 Å². The van der Waals surface area contributed by atoms with E-state index in [0.717, 1.165) is 61.1 Å². The molecule has 1 aromatic heterocycles. The number of nitrogens with zero attached hydrogens (tertiary/aromatic N) is 4. The van der Waals surface area contributed by atoms with Crippen molar-refractivity contribution in [3.8, 4) is 0 Å². The molecule has 2 saturated heterocycles. The minimum atomic E-state index is 0.111. The van der Waals surface area contributed by atoms with Crippen LogP contribution in [0.2, 0.25) is 0 Å². The Balaban J connectivity index is 1.10. The molecule has 2 aliphatic heterocycles. The van der Waals surface area contributed by atoms with Crippen molar-refractivity contribution in [3.63, 3.8) is 0 Å². The molecule has 5 rings (SSSR count). The van der Waals surface area contributed by atoms with E-state index in [2.05, 4.69) is 54.1 Å². The predicted octanol–water partition coefficient (Wildman–Crippen LogP) is 5.05. The van der Waals surface area contributed by atoms with Gasteiger partial charge in [0.25, 0.3) is 0 Å². The van der Waals surface area contributed by atoms with Gasteiger partial charge in [0.2, 0.25) is 11.9 Å². The van der Waals surface area contributed by atoms with Crippen LogP contribution < -0.4 is 10.2 Å². The first-order valence-corrected chi connectivity index (χ1v) is 14.0. The van der Waals surface area contributed by atoms with Crippen LogP contribution >= 0.6 is 0 Å². The molecule has 1 saturated carbocycles. The molecule has 3 heterocycles. The first-order chi connectivity index (χ1) is 17.0. The molecule has 1 N–H and O–H groups in total. The van der Waals surface area contributed by atoms with E-state index in [1.807, 2.05) is 0 Å². The van der Waals surface area contributed by atoms with Gasteiger partial charge in [-0.15, -0.1) is 0 Å². The number of anilines is 1. The zero-order chi connectivity index (χ0) is 24.4. The number of rotatable bonds is 6. The van der Waals surface area contributed by atoms with Crippen LogP contribution in [0.1, 0.15) is 82.4 Å². The zero-order valence-corrected chi connectivity index (χ0v) is 21.9. The Bertz CT molecular complexity index is 1020. The predicted molar refractivity (Wildman–Crippen MR) is 143 cm³/mol. The number of hydrogen-bond donors (Lipinski definition) is 1. The number of likely N-dealkylation sites (tertiary alicyclic amines) is 1. The molecule has 0 unspecified atom stereocenters. The van der Waals surface area contributed by atoms with Gasteiger partial charge in [-0.1, -0.05) is 32.8 Å². The Labute approximate surface area is 210 Å². The molecule has 1 aliphatic carbocycles. The van der Waals surface area contributed by atoms with E-state index in [1.165, 1.54) is 57.2 Å². The molecule has 190 valence electrons. The van der Waals surface area contributed by atoms with Crippen LogP contribution in [-0.2, 0) is 4.79 Å². The van der Waals surface area contributed by atoms with Crippen LogP contribution in [0, 0.1) is 18.8 Å². The number of benzene rings is 1. The van der Waals surface area contributed by atoms with Crippen molar-refractivity contribution in [1.82, 2.24) is 20.2 Å². The number of amides is 1. The van der Waals surface area contributed by atoms with Crippen molar-refractivity contribution in [3.05, 3.63) is 29.5 Å². The van der Waals surface area contributed by atoms with Crippen LogP contribution in [0.3, 0.4) is 0 Å². The van der Waals surface area contributed by atoms with E-state index < -0.39 is 0 Å². The van der Waals surface area contributed by atoms with E-state index in [-0.39, 0.29) is 11.8 Å². The van der Waals surface area contributed by atoms with Crippen LogP contribution in [0.25, 0.3) is 10.9 Å². The molecule has 0 atom stereocenters. The second-order valence-corrected chi connectivity index (χ2v) is 11.5. The molecule has 1 amide bonds. The summed E-state index contributed by atoms with van der Waals surface area (Å²) in [7, 11) is 0. The summed E-state index contributed by atoms with van der Waals surface area (Å²) >= 11 is 0. The Morgan fingerprint density at radius 1 is 1.00 bits per heavy atom. The van der Waals surface area contributed by atoms with Crippen molar-refractivity contribution < 1.29 is 4.79 Å². The molecular formula is C29H43N5O. The SMILES string of the molecule is Cc1nc(N2CCC(C(=O)NCC3CCN(C4CCCC4)CC3)CC2)nc2ccc(C(C)C)cc12. The van der Waals surface area contributed by atoms with Gasteiger partial charge in [0, 0.05) is 37.0 Å². The number of nitrogens with one attached hydrogen (secondary N) is 1. The first kappa shape index (κ1) is 24.5. The van der Waals surface area contributed by atoms with E-state index >= 15 is 0 Å². The first-order valence-electron chi connectivity index (χ1n) is 14.0. The highest BCUT2D eigenvalue weighted by molar-refractivity contribution is 5.83. The lowest BCUT2D eigenvalue weighted by molar-refractivity contribution is -0.125. The van der Waals surface area contributed by atoms with Gasteiger partial charge >= 0.3 is 0 Å². The van der Waals surface area contributed by atoms with Gasteiger partial charge in [-0.2, -0.15) is 0 Å². The maximum Gasteiger partial charge on any atom is 0.226 e. The molecule has 0 bridgehead atoms. The van der Waals surface area contributed by atoms with E-state index in [4.69, 9.17) is 9.97 Å². The highest BCUT2D eigenvalue weighted by Gasteiger charge is 2.29. The van der Waals surface area contributed by atoms with Gasteiger partial charge in [0.1, 0.15) is 0 Å². The summed E-state index contributed by atoms with van der Waals surface area (Å²) in [4.78, 5) is 27.6. The third-order valence-corrected chi connectivity index (χ3v) is 8.77. The number of fused-ring (bicyclic) bond motifs is 1. The average molecular weight is 478 g/mol. The average Bonchev–Trinajstić information content (AvgIpc) is 3.42. The number of aromatic nitrogens is 2. The third kappa shape index (κ3) is 5.63. The van der Waals surface area contributed by atoms with Gasteiger partial charge in [-0.05, 0) is 88.1 Å². The number of piperidine rings is 2. The maximum absolute atomic E-state index is 12.9. The third-order valence-electron chi connectivity index (χ3n) is 8.77. The van der Waals surface area contributed by atoms with Crippen LogP contribution in [0.4, 0.5) is 5.95 Å². The van der Waals surface area contributed by atoms with Gasteiger partial charge < -0.3 is 15.1 Å². The fourth-order valence-electron chi connectivity index (χ4n) is 6.31. The van der Waals surface area contributed by atoms with E-state index in [0.29, 0.717) is 11.8 Å². The molecule has 0 radical (unpaired) electrons. The highest BCUT2D eigenvalue weighted by Crippen LogP contribution is 2.29. The van der Waals surface area contributed by atoms with Crippen molar-refractivity contribution in [2.45, 2.75) is 84.1 Å². The quantitative estimate of drug-likeness (QED) is 0.631. The standard InChI is InChI=1S/C29H43N5O/c1-20(2)24-8-9-27-26(18-24)21(3)31-29(32-27)34-16-12-23(13-17-34)28(35)30-19-22-10-14-33(15-11-22)25-6-4-5-7-25/h8-9,18,20,22-23,25H,4-7,10-17,19H2,1-3H3,(H,30,35). The number of aryl methyl sites for hydroxylation is 1. The summed E-state index contributed by atoms with van der Waals surface area (Å²) in [5.41, 5.74) is 3.37. The number of carbonyl (C=O) groups excluding carboxylic acids is 1. The highest BCUT2D eigenvalue weighted by atomic mass is 16.1. The Kier molecular flexibility index (Phi) is 7.56. The van der Waals surface area contributed by atoms with Gasteiger partial charge in [0.15, 0.2) is 0 Å². The second kappa shape index (κ2) is 10.8. The lowest BCUT2D eigenvalue weighted by Gasteiger charge is -2.36.